The highest BCUT2D eigenvalue weighted by Crippen LogP contribution is 2.33. The van der Waals surface area contributed by atoms with Gasteiger partial charge in [-0.05, 0) is 6.07 Å². The molecule has 0 aliphatic rings. The molecular weight excluding hydrogens is 248 g/mol. The second-order valence-corrected chi connectivity index (χ2v) is 3.49. The molecule has 72 valence electrons. The number of aromatic carboxylic acids is 1. The first kappa shape index (κ1) is 11.1. The SMILES string of the molecule is N#Cc1c(Cl)c(Cl)cc(C(=O)O)c1Cl. The molecule has 0 spiro atoms. The Morgan fingerprint density at radius 1 is 1.36 bits per heavy atom. The van der Waals surface area contributed by atoms with E-state index in [1.54, 1.807) is 6.07 Å². The minimum absolute atomic E-state index is 0.00924. The van der Waals surface area contributed by atoms with Crippen molar-refractivity contribution in [2.45, 2.75) is 0 Å². The third kappa shape index (κ3) is 1.78. The summed E-state index contributed by atoms with van der Waals surface area (Å²) in [5, 5.41) is 17.1. The van der Waals surface area contributed by atoms with Gasteiger partial charge in [-0.2, -0.15) is 5.26 Å². The fourth-order valence-electron chi connectivity index (χ4n) is 0.858. The van der Waals surface area contributed by atoms with Gasteiger partial charge in [0.2, 0.25) is 0 Å². The second kappa shape index (κ2) is 4.05. The minimum atomic E-state index is -1.26. The highest BCUT2D eigenvalue weighted by atomic mass is 35.5. The van der Waals surface area contributed by atoms with E-state index in [1.165, 1.54) is 0 Å². The number of nitriles is 1. The van der Waals surface area contributed by atoms with Crippen LogP contribution >= 0.6 is 34.8 Å². The molecule has 0 amide bonds. The Hall–Kier alpha value is -0.950. The van der Waals surface area contributed by atoms with Gasteiger partial charge in [0.25, 0.3) is 0 Å². The lowest BCUT2D eigenvalue weighted by Crippen LogP contribution is -1.99. The Bertz CT molecular complexity index is 451. The summed E-state index contributed by atoms with van der Waals surface area (Å²) in [6, 6.07) is 2.79. The van der Waals surface area contributed by atoms with E-state index in [4.69, 9.17) is 45.2 Å². The molecule has 0 unspecified atom stereocenters. The van der Waals surface area contributed by atoms with E-state index in [9.17, 15) is 4.79 Å². The Morgan fingerprint density at radius 2 is 1.93 bits per heavy atom. The Balaban J connectivity index is 3.61. The highest BCUT2D eigenvalue weighted by Gasteiger charge is 2.18. The van der Waals surface area contributed by atoms with E-state index >= 15 is 0 Å². The van der Waals surface area contributed by atoms with Gasteiger partial charge in [-0.3, -0.25) is 0 Å². The van der Waals surface area contributed by atoms with Gasteiger partial charge in [-0.1, -0.05) is 34.8 Å². The first-order valence-corrected chi connectivity index (χ1v) is 4.43. The van der Waals surface area contributed by atoms with Gasteiger partial charge in [0.15, 0.2) is 0 Å². The molecule has 0 saturated carbocycles. The third-order valence-electron chi connectivity index (χ3n) is 1.50. The van der Waals surface area contributed by atoms with Crippen LogP contribution in [0, 0.1) is 11.3 Å². The van der Waals surface area contributed by atoms with Crippen LogP contribution in [-0.2, 0) is 0 Å². The summed E-state index contributed by atoms with van der Waals surface area (Å²) < 4.78 is 0. The smallest absolute Gasteiger partial charge is 0.337 e. The maximum atomic E-state index is 10.7. The van der Waals surface area contributed by atoms with Crippen LogP contribution in [-0.4, -0.2) is 11.1 Å². The van der Waals surface area contributed by atoms with Crippen LogP contribution < -0.4 is 0 Å². The predicted octanol–water partition coefficient (Wildman–Crippen LogP) is 3.22. The zero-order valence-electron chi connectivity index (χ0n) is 6.51. The average Bonchev–Trinajstić information content (AvgIpc) is 2.12. The number of halogens is 3. The van der Waals surface area contributed by atoms with E-state index in [2.05, 4.69) is 0 Å². The van der Waals surface area contributed by atoms with Crippen molar-refractivity contribution in [2.75, 3.05) is 0 Å². The monoisotopic (exact) mass is 249 g/mol. The van der Waals surface area contributed by atoms with E-state index in [0.29, 0.717) is 0 Å². The maximum Gasteiger partial charge on any atom is 0.337 e. The van der Waals surface area contributed by atoms with E-state index in [1.807, 2.05) is 0 Å². The predicted molar refractivity (Wildman–Crippen MR) is 53.1 cm³/mol. The molecule has 0 fully saturated rings. The Labute approximate surface area is 94.4 Å². The zero-order valence-corrected chi connectivity index (χ0v) is 8.78. The molecule has 1 rings (SSSR count). The molecule has 1 aromatic rings. The second-order valence-electron chi connectivity index (χ2n) is 2.33. The van der Waals surface area contributed by atoms with Crippen molar-refractivity contribution in [2.24, 2.45) is 0 Å². The molecule has 0 atom stereocenters. The summed E-state index contributed by atoms with van der Waals surface area (Å²) in [7, 11) is 0. The molecule has 1 N–H and O–H groups in total. The summed E-state index contributed by atoms with van der Waals surface area (Å²) in [4.78, 5) is 10.7. The number of benzene rings is 1. The molecular formula is C8H2Cl3NO2. The van der Waals surface area contributed by atoms with Crippen LogP contribution in [0.25, 0.3) is 0 Å². The molecule has 0 saturated heterocycles. The van der Waals surface area contributed by atoms with Crippen molar-refractivity contribution in [3.8, 4) is 6.07 Å². The summed E-state index contributed by atoms with van der Waals surface area (Å²) in [5.41, 5.74) is -0.365. The van der Waals surface area contributed by atoms with Crippen LogP contribution in [0.15, 0.2) is 6.07 Å². The number of carboxylic acids is 1. The molecule has 0 heterocycles. The number of hydrogen-bond acceptors (Lipinski definition) is 2. The van der Waals surface area contributed by atoms with Crippen molar-refractivity contribution in [3.05, 3.63) is 32.3 Å². The minimum Gasteiger partial charge on any atom is -0.478 e. The lowest BCUT2D eigenvalue weighted by Gasteiger charge is -2.04. The molecule has 1 aromatic carbocycles. The first-order valence-electron chi connectivity index (χ1n) is 3.30. The number of nitrogens with zero attached hydrogens (tertiary/aromatic N) is 1. The fourth-order valence-corrected chi connectivity index (χ4v) is 1.57. The first-order chi connectivity index (χ1) is 6.49. The molecule has 14 heavy (non-hydrogen) atoms. The summed E-state index contributed by atoms with van der Waals surface area (Å²) in [6.07, 6.45) is 0. The van der Waals surface area contributed by atoms with E-state index in [0.717, 1.165) is 6.07 Å². The lowest BCUT2D eigenvalue weighted by molar-refractivity contribution is 0.0697. The van der Waals surface area contributed by atoms with E-state index in [-0.39, 0.29) is 26.2 Å². The lowest BCUT2D eigenvalue weighted by atomic mass is 10.1. The Morgan fingerprint density at radius 3 is 2.36 bits per heavy atom. The van der Waals surface area contributed by atoms with Gasteiger partial charge < -0.3 is 5.11 Å². The van der Waals surface area contributed by atoms with Gasteiger partial charge in [0.1, 0.15) is 6.07 Å². The fraction of sp³-hybridized carbons (Fsp3) is 0. The maximum absolute atomic E-state index is 10.7. The van der Waals surface area contributed by atoms with Crippen molar-refractivity contribution in [1.29, 1.82) is 5.26 Å². The van der Waals surface area contributed by atoms with Gasteiger partial charge in [-0.15, -0.1) is 0 Å². The molecule has 0 radical (unpaired) electrons. The van der Waals surface area contributed by atoms with Crippen LogP contribution in [0.4, 0.5) is 0 Å². The quantitative estimate of drug-likeness (QED) is 0.778. The molecule has 3 nitrogen and oxygen atoms in total. The summed E-state index contributed by atoms with van der Waals surface area (Å²) in [5.74, 6) is -1.26. The number of carbonyl (C=O) groups is 1. The van der Waals surface area contributed by atoms with Crippen molar-refractivity contribution in [1.82, 2.24) is 0 Å². The molecule has 0 bridgehead atoms. The number of hydrogen-bond donors (Lipinski definition) is 1. The highest BCUT2D eigenvalue weighted by molar-refractivity contribution is 6.45. The molecule has 0 aliphatic carbocycles. The Kier molecular flexibility index (Phi) is 3.22. The van der Waals surface area contributed by atoms with Gasteiger partial charge >= 0.3 is 5.97 Å². The van der Waals surface area contributed by atoms with Gasteiger partial charge in [-0.25, -0.2) is 4.79 Å². The van der Waals surface area contributed by atoms with Gasteiger partial charge in [0, 0.05) is 0 Å². The normalized spacial score (nSPS) is 9.57. The molecule has 0 aromatic heterocycles. The molecule has 0 aliphatic heterocycles. The summed E-state index contributed by atoms with van der Waals surface area (Å²) >= 11 is 16.9. The summed E-state index contributed by atoms with van der Waals surface area (Å²) in [6.45, 7) is 0. The van der Waals surface area contributed by atoms with Crippen molar-refractivity contribution < 1.29 is 9.90 Å². The van der Waals surface area contributed by atoms with Crippen molar-refractivity contribution in [3.63, 3.8) is 0 Å². The number of rotatable bonds is 1. The number of carboxylic acid groups (broad SMARTS) is 1. The van der Waals surface area contributed by atoms with Crippen LogP contribution in [0.1, 0.15) is 15.9 Å². The standard InChI is InChI=1S/C8H2Cl3NO2/c9-5-1-3(8(13)14)6(10)4(2-12)7(5)11/h1H,(H,13,14). The average molecular weight is 250 g/mol. The van der Waals surface area contributed by atoms with Crippen LogP contribution in [0.2, 0.25) is 15.1 Å². The topological polar surface area (TPSA) is 61.1 Å². The van der Waals surface area contributed by atoms with Crippen molar-refractivity contribution >= 4 is 40.8 Å². The largest absolute Gasteiger partial charge is 0.478 e. The van der Waals surface area contributed by atoms with Gasteiger partial charge in [0.05, 0.1) is 26.2 Å². The van der Waals surface area contributed by atoms with Crippen LogP contribution in [0.3, 0.4) is 0 Å². The van der Waals surface area contributed by atoms with E-state index < -0.39 is 5.97 Å². The zero-order chi connectivity index (χ0) is 10.9. The van der Waals surface area contributed by atoms with Crippen LogP contribution in [0.5, 0.6) is 0 Å². The third-order valence-corrected chi connectivity index (χ3v) is 2.68. The molecule has 6 heteroatoms.